The highest BCUT2D eigenvalue weighted by Crippen LogP contribution is 2.18. The van der Waals surface area contributed by atoms with Crippen LogP contribution in [0.15, 0.2) is 59.4 Å². The molecule has 1 N–H and O–H groups in total. The Kier molecular flexibility index (Phi) is 5.03. The summed E-state index contributed by atoms with van der Waals surface area (Å²) < 4.78 is 22.3. The Morgan fingerprint density at radius 1 is 1.35 bits per heavy atom. The number of pyridine rings is 1. The molecule has 1 aromatic heterocycles. The van der Waals surface area contributed by atoms with E-state index in [4.69, 9.17) is 0 Å². The Bertz CT molecular complexity index is 627. The molecule has 1 unspecified atom stereocenters. The summed E-state index contributed by atoms with van der Waals surface area (Å²) in [6.45, 7) is 2.01. The molecule has 0 saturated carbocycles. The summed E-state index contributed by atoms with van der Waals surface area (Å²) in [5, 5.41) is 3.28. The van der Waals surface area contributed by atoms with Crippen molar-refractivity contribution < 1.29 is 8.76 Å². The summed E-state index contributed by atoms with van der Waals surface area (Å²) >= 11 is -2.29. The summed E-state index contributed by atoms with van der Waals surface area (Å²) in [7, 11) is 0. The molecular weight excluding hydrogens is 272 g/mol. The summed E-state index contributed by atoms with van der Waals surface area (Å²) in [4.78, 5) is 4.04. The van der Waals surface area contributed by atoms with Gasteiger partial charge in [0.1, 0.15) is 0 Å². The van der Waals surface area contributed by atoms with Crippen LogP contribution in [0.5, 0.6) is 0 Å². The van der Waals surface area contributed by atoms with Gasteiger partial charge in [0.2, 0.25) is 0 Å². The van der Waals surface area contributed by atoms with Crippen LogP contribution >= 0.6 is 0 Å². The third-order valence-electron chi connectivity index (χ3n) is 2.79. The van der Waals surface area contributed by atoms with E-state index in [0.29, 0.717) is 5.56 Å². The zero-order valence-electron chi connectivity index (χ0n) is 11.1. The fourth-order valence-electron chi connectivity index (χ4n) is 1.77. The minimum absolute atomic E-state index is 0.202. The van der Waals surface area contributed by atoms with Gasteiger partial charge in [0, 0.05) is 23.8 Å². The van der Waals surface area contributed by atoms with Crippen LogP contribution < -0.4 is 5.32 Å². The molecule has 2 rings (SSSR count). The molecule has 2 aromatic rings. The number of anilines is 1. The molecule has 104 valence electrons. The Hall–Kier alpha value is -1.98. The minimum Gasteiger partial charge on any atom is -0.768 e. The van der Waals surface area contributed by atoms with Crippen LogP contribution in [0.1, 0.15) is 18.9 Å². The van der Waals surface area contributed by atoms with Crippen LogP contribution in [-0.4, -0.2) is 13.7 Å². The maximum atomic E-state index is 11.2. The smallest absolute Gasteiger partial charge is 0.0505 e. The van der Waals surface area contributed by atoms with Crippen molar-refractivity contribution in [3.8, 4) is 0 Å². The average molecular weight is 287 g/mol. The van der Waals surface area contributed by atoms with Crippen LogP contribution in [0.3, 0.4) is 0 Å². The van der Waals surface area contributed by atoms with Crippen molar-refractivity contribution in [2.45, 2.75) is 18.2 Å². The predicted molar refractivity (Wildman–Crippen MR) is 79.8 cm³/mol. The lowest BCUT2D eigenvalue weighted by Crippen LogP contribution is -2.00. The molecule has 1 heterocycles. The number of aromatic nitrogens is 1. The highest BCUT2D eigenvalue weighted by Gasteiger charge is 2.02. The second kappa shape index (κ2) is 6.98. The fraction of sp³-hybridized carbons (Fsp3) is 0.133. The minimum atomic E-state index is -2.29. The number of nitrogens with zero attached hydrogens (tertiary/aromatic N) is 1. The van der Waals surface area contributed by atoms with Gasteiger partial charge in [-0.2, -0.15) is 0 Å². The van der Waals surface area contributed by atoms with Gasteiger partial charge in [0.05, 0.1) is 4.90 Å². The zero-order chi connectivity index (χ0) is 14.4. The van der Waals surface area contributed by atoms with Gasteiger partial charge in [-0.05, 0) is 47.3 Å². The third-order valence-corrected chi connectivity index (χ3v) is 3.49. The van der Waals surface area contributed by atoms with Gasteiger partial charge in [-0.25, -0.2) is 0 Å². The molecular formula is C15H15N2O2S-. The van der Waals surface area contributed by atoms with Gasteiger partial charge >= 0.3 is 0 Å². The van der Waals surface area contributed by atoms with E-state index >= 15 is 0 Å². The van der Waals surface area contributed by atoms with E-state index in [1.807, 2.05) is 43.3 Å². The van der Waals surface area contributed by atoms with Gasteiger partial charge in [-0.1, -0.05) is 25.1 Å². The molecule has 5 heteroatoms. The lowest BCUT2D eigenvalue weighted by atomic mass is 10.2. The lowest BCUT2D eigenvalue weighted by Gasteiger charge is -2.12. The molecule has 0 fully saturated rings. The largest absolute Gasteiger partial charge is 0.768 e. The van der Waals surface area contributed by atoms with Crippen LogP contribution in [0.4, 0.5) is 5.69 Å². The van der Waals surface area contributed by atoms with Crippen molar-refractivity contribution in [3.63, 3.8) is 0 Å². The lowest BCUT2D eigenvalue weighted by molar-refractivity contribution is 0.536. The topological polar surface area (TPSA) is 65.0 Å². The van der Waals surface area contributed by atoms with E-state index in [1.165, 1.54) is 6.20 Å². The molecule has 20 heavy (non-hydrogen) atoms. The van der Waals surface area contributed by atoms with Gasteiger partial charge in [-0.15, -0.1) is 0 Å². The predicted octanol–water partition coefficient (Wildman–Crippen LogP) is 3.18. The molecule has 4 nitrogen and oxygen atoms in total. The van der Waals surface area contributed by atoms with Gasteiger partial charge < -0.3 is 9.87 Å². The van der Waals surface area contributed by atoms with E-state index in [9.17, 15) is 8.76 Å². The van der Waals surface area contributed by atoms with E-state index in [1.54, 1.807) is 12.3 Å². The highest BCUT2D eigenvalue weighted by molar-refractivity contribution is 7.79. The molecule has 0 saturated heterocycles. The number of nitrogens with one attached hydrogen (secondary N) is 1. The first-order valence-corrected chi connectivity index (χ1v) is 7.34. The van der Waals surface area contributed by atoms with Crippen LogP contribution in [0, 0.1) is 0 Å². The Labute approximate surface area is 120 Å². The number of hydrogen-bond acceptors (Lipinski definition) is 4. The Balaban J connectivity index is 2.30. The maximum absolute atomic E-state index is 11.2. The number of benzene rings is 1. The molecule has 1 aromatic carbocycles. The van der Waals surface area contributed by atoms with Crippen molar-refractivity contribution in [1.82, 2.24) is 4.98 Å². The van der Waals surface area contributed by atoms with Crippen molar-refractivity contribution in [2.75, 3.05) is 5.32 Å². The normalized spacial score (nSPS) is 13.0. The van der Waals surface area contributed by atoms with Crippen molar-refractivity contribution >= 4 is 22.8 Å². The molecule has 0 bridgehead atoms. The molecule has 0 aliphatic rings. The number of para-hydroxylation sites is 1. The van der Waals surface area contributed by atoms with E-state index in [0.717, 1.165) is 17.8 Å². The highest BCUT2D eigenvalue weighted by atomic mass is 32.2. The first kappa shape index (κ1) is 14.4. The summed E-state index contributed by atoms with van der Waals surface area (Å²) in [6.07, 6.45) is 5.53. The quantitative estimate of drug-likeness (QED) is 0.858. The summed E-state index contributed by atoms with van der Waals surface area (Å²) in [5.74, 6) is 0. The molecule has 0 aliphatic carbocycles. The van der Waals surface area contributed by atoms with Gasteiger partial charge in [-0.3, -0.25) is 9.19 Å². The van der Waals surface area contributed by atoms with Crippen LogP contribution in [0.2, 0.25) is 0 Å². The van der Waals surface area contributed by atoms with Crippen LogP contribution in [0.25, 0.3) is 6.08 Å². The monoisotopic (exact) mass is 287 g/mol. The zero-order valence-corrected chi connectivity index (χ0v) is 11.9. The molecule has 1 atom stereocenters. The van der Waals surface area contributed by atoms with E-state index in [-0.39, 0.29) is 4.90 Å². The van der Waals surface area contributed by atoms with Crippen molar-refractivity contribution in [2.24, 2.45) is 0 Å². The Morgan fingerprint density at radius 2 is 2.10 bits per heavy atom. The molecule has 0 radical (unpaired) electrons. The van der Waals surface area contributed by atoms with E-state index < -0.39 is 11.1 Å². The second-order valence-electron chi connectivity index (χ2n) is 4.16. The first-order valence-electron chi connectivity index (χ1n) is 6.26. The number of hydrogen-bond donors (Lipinski definition) is 1. The van der Waals surface area contributed by atoms with E-state index in [2.05, 4.69) is 10.3 Å². The summed E-state index contributed by atoms with van der Waals surface area (Å²) in [6, 6.07) is 11.4. The SMILES string of the molecule is CC/C(=C/c1ccncc1S(=O)[O-])Nc1ccccc1. The average Bonchev–Trinajstić information content (AvgIpc) is 2.48. The number of allylic oxidation sites excluding steroid dienone is 1. The second-order valence-corrected chi connectivity index (χ2v) is 5.07. The molecule has 0 aliphatic heterocycles. The number of rotatable bonds is 5. The van der Waals surface area contributed by atoms with Crippen molar-refractivity contribution in [3.05, 3.63) is 60.1 Å². The molecule has 0 amide bonds. The maximum Gasteiger partial charge on any atom is 0.0505 e. The first-order chi connectivity index (χ1) is 9.70. The van der Waals surface area contributed by atoms with Crippen LogP contribution in [-0.2, 0) is 11.1 Å². The third kappa shape index (κ3) is 3.76. The fourth-order valence-corrected chi connectivity index (χ4v) is 2.24. The standard InChI is InChI=1S/C15H16N2O2S/c1-2-13(17-14-6-4-3-5-7-14)10-12-8-9-16-11-15(12)20(18)19/h3-11,17H,2H2,1H3,(H,18,19)/p-1/b13-10-. The Morgan fingerprint density at radius 3 is 2.75 bits per heavy atom. The summed E-state index contributed by atoms with van der Waals surface area (Å²) in [5.41, 5.74) is 2.54. The van der Waals surface area contributed by atoms with Crippen molar-refractivity contribution in [1.29, 1.82) is 0 Å². The molecule has 0 spiro atoms. The van der Waals surface area contributed by atoms with Gasteiger partial charge in [0.15, 0.2) is 0 Å². The van der Waals surface area contributed by atoms with Gasteiger partial charge in [0.25, 0.3) is 0 Å².